The lowest BCUT2D eigenvalue weighted by molar-refractivity contribution is -0.133. The summed E-state index contributed by atoms with van der Waals surface area (Å²) in [5.74, 6) is -0.542. The van der Waals surface area contributed by atoms with Crippen LogP contribution in [0.15, 0.2) is 59.1 Å². The molecule has 5 nitrogen and oxygen atoms in total. The summed E-state index contributed by atoms with van der Waals surface area (Å²) in [6.45, 7) is 11.8. The first-order valence-electron chi connectivity index (χ1n) is 11.9. The molecule has 1 heterocycles. The number of carbonyl (C=O) groups is 2. The summed E-state index contributed by atoms with van der Waals surface area (Å²) >= 11 is 3.47. The summed E-state index contributed by atoms with van der Waals surface area (Å²) < 4.78 is 12.7. The molecule has 0 aromatic heterocycles. The number of carbonyl (C=O) groups excluding carboxylic acids is 2. The molecule has 1 fully saturated rings. The van der Waals surface area contributed by atoms with Gasteiger partial charge in [0.1, 0.15) is 6.61 Å². The van der Waals surface area contributed by atoms with Crippen molar-refractivity contribution in [3.8, 4) is 0 Å². The number of hydrogen-bond donors (Lipinski definition) is 0. The highest BCUT2D eigenvalue weighted by atomic mass is 79.9. The molecule has 0 N–H and O–H groups in total. The molecule has 1 aliphatic heterocycles. The highest BCUT2D eigenvalue weighted by Gasteiger charge is 2.41. The van der Waals surface area contributed by atoms with Crippen LogP contribution in [0.1, 0.15) is 38.3 Å². The van der Waals surface area contributed by atoms with Crippen LogP contribution in [0.4, 0.5) is 4.79 Å². The summed E-state index contributed by atoms with van der Waals surface area (Å²) in [6.07, 6.45) is 1.15. The number of ether oxygens (including phenoxy) is 1. The van der Waals surface area contributed by atoms with E-state index in [0.717, 1.165) is 15.6 Å². The predicted molar refractivity (Wildman–Crippen MR) is 141 cm³/mol. The molecule has 2 amide bonds. The molecule has 184 valence electrons. The van der Waals surface area contributed by atoms with Crippen LogP contribution in [0.2, 0.25) is 18.1 Å². The second-order valence-corrected chi connectivity index (χ2v) is 16.3. The standard InChI is InChI=1S/C27H36BrNO4Si/c1-27(2,3)34(4,5)33-16-15-22(17-21-11-13-23(28)14-12-21)25(30)29-24(19-32-26(29)31)18-20-9-7-6-8-10-20/h6-14,22,24H,15-19H2,1-5H3/t22-,24?/m1/s1. The number of nitrogens with zero attached hydrogens (tertiary/aromatic N) is 1. The van der Waals surface area contributed by atoms with Gasteiger partial charge in [0.25, 0.3) is 0 Å². The minimum atomic E-state index is -1.94. The Bertz CT molecular complexity index is 972. The van der Waals surface area contributed by atoms with Crippen molar-refractivity contribution in [1.29, 1.82) is 0 Å². The molecule has 34 heavy (non-hydrogen) atoms. The van der Waals surface area contributed by atoms with Gasteiger partial charge >= 0.3 is 6.09 Å². The number of halogens is 1. The Hall–Kier alpha value is -1.96. The smallest absolute Gasteiger partial charge is 0.416 e. The summed E-state index contributed by atoms with van der Waals surface area (Å²) in [6, 6.07) is 17.6. The van der Waals surface area contributed by atoms with E-state index < -0.39 is 14.4 Å². The van der Waals surface area contributed by atoms with Crippen molar-refractivity contribution in [2.45, 2.75) is 64.2 Å². The Balaban J connectivity index is 1.77. The van der Waals surface area contributed by atoms with E-state index in [1.54, 1.807) is 0 Å². The van der Waals surface area contributed by atoms with Gasteiger partial charge in [-0.2, -0.15) is 0 Å². The number of imide groups is 1. The topological polar surface area (TPSA) is 55.8 Å². The average molecular weight is 547 g/mol. The fourth-order valence-electron chi connectivity index (χ4n) is 3.85. The van der Waals surface area contributed by atoms with Crippen molar-refractivity contribution in [3.63, 3.8) is 0 Å². The van der Waals surface area contributed by atoms with Gasteiger partial charge in [0.15, 0.2) is 8.32 Å². The Morgan fingerprint density at radius 2 is 1.76 bits per heavy atom. The minimum absolute atomic E-state index is 0.0950. The molecule has 1 saturated heterocycles. The van der Waals surface area contributed by atoms with Crippen LogP contribution in [0, 0.1) is 5.92 Å². The Labute approximate surface area is 213 Å². The van der Waals surface area contributed by atoms with Gasteiger partial charge in [0.05, 0.1) is 6.04 Å². The van der Waals surface area contributed by atoms with Crippen molar-refractivity contribution in [2.75, 3.05) is 13.2 Å². The minimum Gasteiger partial charge on any atom is -0.447 e. The van der Waals surface area contributed by atoms with Crippen LogP contribution in [0.25, 0.3) is 0 Å². The van der Waals surface area contributed by atoms with E-state index in [0.29, 0.717) is 25.9 Å². The zero-order chi connectivity index (χ0) is 24.9. The maximum absolute atomic E-state index is 13.8. The molecule has 0 saturated carbocycles. The van der Waals surface area contributed by atoms with E-state index in [2.05, 4.69) is 49.8 Å². The Morgan fingerprint density at radius 1 is 1.12 bits per heavy atom. The molecular weight excluding hydrogens is 510 g/mol. The lowest BCUT2D eigenvalue weighted by atomic mass is 9.94. The van der Waals surface area contributed by atoms with Gasteiger partial charge < -0.3 is 9.16 Å². The third kappa shape index (κ3) is 6.80. The van der Waals surface area contributed by atoms with Gasteiger partial charge in [-0.3, -0.25) is 4.79 Å². The highest BCUT2D eigenvalue weighted by molar-refractivity contribution is 9.10. The molecule has 0 radical (unpaired) electrons. The van der Waals surface area contributed by atoms with Crippen molar-refractivity contribution >= 4 is 36.2 Å². The number of rotatable bonds is 9. The zero-order valence-corrected chi connectivity index (χ0v) is 23.4. The first-order valence-corrected chi connectivity index (χ1v) is 15.6. The number of hydrogen-bond acceptors (Lipinski definition) is 4. The summed E-state index contributed by atoms with van der Waals surface area (Å²) in [7, 11) is -1.94. The van der Waals surface area contributed by atoms with E-state index >= 15 is 0 Å². The maximum atomic E-state index is 13.8. The molecule has 0 spiro atoms. The van der Waals surface area contributed by atoms with E-state index in [9.17, 15) is 9.59 Å². The maximum Gasteiger partial charge on any atom is 0.416 e. The fourth-order valence-corrected chi connectivity index (χ4v) is 5.18. The number of benzene rings is 2. The molecule has 2 atom stereocenters. The monoisotopic (exact) mass is 545 g/mol. The third-order valence-corrected chi connectivity index (χ3v) is 12.1. The van der Waals surface area contributed by atoms with Crippen molar-refractivity contribution in [1.82, 2.24) is 4.90 Å². The predicted octanol–water partition coefficient (Wildman–Crippen LogP) is 6.61. The van der Waals surface area contributed by atoms with Crippen LogP contribution in [0.3, 0.4) is 0 Å². The highest BCUT2D eigenvalue weighted by Crippen LogP contribution is 2.37. The zero-order valence-electron chi connectivity index (χ0n) is 20.8. The molecule has 2 aromatic rings. The lowest BCUT2D eigenvalue weighted by Gasteiger charge is -2.36. The van der Waals surface area contributed by atoms with Crippen LogP contribution in [0.5, 0.6) is 0 Å². The first-order chi connectivity index (χ1) is 16.0. The summed E-state index contributed by atoms with van der Waals surface area (Å²) in [5.41, 5.74) is 2.13. The van der Waals surface area contributed by atoms with Gasteiger partial charge in [-0.05, 0) is 60.7 Å². The number of amides is 2. The fraction of sp³-hybridized carbons (Fsp3) is 0.481. The quantitative estimate of drug-likeness (QED) is 0.332. The Kier molecular flexibility index (Phi) is 8.76. The molecule has 1 aliphatic rings. The van der Waals surface area contributed by atoms with Crippen LogP contribution in [-0.2, 0) is 26.8 Å². The largest absolute Gasteiger partial charge is 0.447 e. The number of cyclic esters (lactones) is 1. The van der Waals surface area contributed by atoms with Crippen molar-refractivity contribution in [3.05, 3.63) is 70.2 Å². The van der Waals surface area contributed by atoms with E-state index in [4.69, 9.17) is 9.16 Å². The average Bonchev–Trinajstić information content (AvgIpc) is 3.13. The SMILES string of the molecule is CC(C)(C)[Si](C)(C)OCC[C@H](Cc1ccc(Br)cc1)C(=O)N1C(=O)OCC1Cc1ccccc1. The molecule has 1 unspecified atom stereocenters. The van der Waals surface area contributed by atoms with Crippen LogP contribution < -0.4 is 0 Å². The van der Waals surface area contributed by atoms with Gasteiger partial charge in [0, 0.05) is 17.0 Å². The normalized spacial score (nSPS) is 17.5. The summed E-state index contributed by atoms with van der Waals surface area (Å²) in [5, 5.41) is 0.0950. The molecule has 0 aliphatic carbocycles. The third-order valence-electron chi connectivity index (χ3n) is 6.99. The van der Waals surface area contributed by atoms with Crippen molar-refractivity contribution < 1.29 is 18.8 Å². The van der Waals surface area contributed by atoms with E-state index in [1.165, 1.54) is 4.90 Å². The molecule has 2 aromatic carbocycles. The Morgan fingerprint density at radius 3 is 2.38 bits per heavy atom. The van der Waals surface area contributed by atoms with Crippen LogP contribution in [-0.4, -0.2) is 44.5 Å². The summed E-state index contributed by atoms with van der Waals surface area (Å²) in [4.78, 5) is 27.7. The molecule has 7 heteroatoms. The van der Waals surface area contributed by atoms with Gasteiger partial charge in [0.2, 0.25) is 5.91 Å². The van der Waals surface area contributed by atoms with Gasteiger partial charge in [-0.15, -0.1) is 0 Å². The second kappa shape index (κ2) is 11.2. The molecular formula is C27H36BrNO4Si. The molecule has 0 bridgehead atoms. The second-order valence-electron chi connectivity index (χ2n) is 10.6. The van der Waals surface area contributed by atoms with Gasteiger partial charge in [-0.25, -0.2) is 9.69 Å². The first kappa shape index (κ1) is 26.6. The van der Waals surface area contributed by atoms with Crippen LogP contribution >= 0.6 is 15.9 Å². The van der Waals surface area contributed by atoms with Crippen molar-refractivity contribution in [2.24, 2.45) is 5.92 Å². The van der Waals surface area contributed by atoms with Gasteiger partial charge in [-0.1, -0.05) is 79.2 Å². The molecule has 3 rings (SSSR count). The van der Waals surface area contributed by atoms with E-state index in [-0.39, 0.29) is 29.5 Å². The lowest BCUT2D eigenvalue weighted by Crippen LogP contribution is -2.45. The van der Waals surface area contributed by atoms with E-state index in [1.807, 2.05) is 54.6 Å².